The molecule has 0 aliphatic carbocycles. The predicted molar refractivity (Wildman–Crippen MR) is 106 cm³/mol. The zero-order valence-corrected chi connectivity index (χ0v) is 17.4. The molecule has 29 heavy (non-hydrogen) atoms. The molecular formula is C19H26N4O5S. The van der Waals surface area contributed by atoms with E-state index in [1.54, 1.807) is 31.2 Å². The number of imide groups is 1. The Morgan fingerprint density at radius 1 is 1.21 bits per heavy atom. The van der Waals surface area contributed by atoms with Gasteiger partial charge in [-0.25, -0.2) is 17.5 Å². The average Bonchev–Trinajstić information content (AvgIpc) is 2.91. The van der Waals surface area contributed by atoms with E-state index >= 15 is 0 Å². The molecule has 9 nitrogen and oxygen atoms in total. The number of carbonyl (C=O) groups is 3. The van der Waals surface area contributed by atoms with E-state index in [9.17, 15) is 22.8 Å². The maximum atomic E-state index is 12.8. The van der Waals surface area contributed by atoms with Crippen LogP contribution in [0.3, 0.4) is 0 Å². The van der Waals surface area contributed by atoms with Crippen molar-refractivity contribution in [3.8, 4) is 0 Å². The van der Waals surface area contributed by atoms with Crippen LogP contribution in [0.4, 0.5) is 4.79 Å². The third kappa shape index (κ3) is 4.59. The lowest BCUT2D eigenvalue weighted by molar-refractivity contribution is -0.134. The van der Waals surface area contributed by atoms with Crippen molar-refractivity contribution >= 4 is 27.9 Å². The van der Waals surface area contributed by atoms with Gasteiger partial charge >= 0.3 is 6.03 Å². The number of hydrogen-bond donors (Lipinski definition) is 2. The molecule has 4 amide bonds. The molecule has 1 aromatic rings. The first-order valence-electron chi connectivity index (χ1n) is 9.52. The van der Waals surface area contributed by atoms with Crippen molar-refractivity contribution < 1.29 is 22.8 Å². The summed E-state index contributed by atoms with van der Waals surface area (Å²) < 4.78 is 24.5. The molecule has 2 N–H and O–H groups in total. The minimum atomic E-state index is -3.19. The monoisotopic (exact) mass is 422 g/mol. The highest BCUT2D eigenvalue weighted by Crippen LogP contribution is 2.28. The van der Waals surface area contributed by atoms with Crippen LogP contribution in [0.1, 0.15) is 25.3 Å². The van der Waals surface area contributed by atoms with Gasteiger partial charge in [-0.2, -0.15) is 0 Å². The van der Waals surface area contributed by atoms with Crippen LogP contribution in [0.15, 0.2) is 30.3 Å². The van der Waals surface area contributed by atoms with Gasteiger partial charge in [-0.1, -0.05) is 30.3 Å². The molecule has 0 saturated carbocycles. The Hall–Kier alpha value is -2.46. The van der Waals surface area contributed by atoms with E-state index in [-0.39, 0.29) is 12.5 Å². The van der Waals surface area contributed by atoms with Gasteiger partial charge in [-0.05, 0) is 31.2 Å². The van der Waals surface area contributed by atoms with Crippen LogP contribution >= 0.6 is 0 Å². The Balaban J connectivity index is 1.52. The Bertz CT molecular complexity index is 896. The van der Waals surface area contributed by atoms with Gasteiger partial charge in [0.05, 0.1) is 6.26 Å². The molecule has 1 atom stereocenters. The van der Waals surface area contributed by atoms with Crippen LogP contribution in [0.2, 0.25) is 0 Å². The van der Waals surface area contributed by atoms with Crippen molar-refractivity contribution in [1.82, 2.24) is 19.8 Å². The van der Waals surface area contributed by atoms with Gasteiger partial charge in [-0.15, -0.1) is 0 Å². The van der Waals surface area contributed by atoms with E-state index in [0.717, 1.165) is 4.90 Å². The molecule has 2 fully saturated rings. The number of carbonyl (C=O) groups excluding carboxylic acids is 3. The van der Waals surface area contributed by atoms with Crippen LogP contribution in [-0.2, 0) is 25.2 Å². The summed E-state index contributed by atoms with van der Waals surface area (Å²) >= 11 is 0. The fourth-order valence-electron chi connectivity index (χ4n) is 3.71. The zero-order chi connectivity index (χ0) is 21.2. The minimum absolute atomic E-state index is 0.162. The summed E-state index contributed by atoms with van der Waals surface area (Å²) in [5, 5.41) is 5.43. The second kappa shape index (κ2) is 8.11. The molecule has 0 spiro atoms. The third-order valence-electron chi connectivity index (χ3n) is 5.56. The van der Waals surface area contributed by atoms with Crippen molar-refractivity contribution in [2.45, 2.75) is 25.3 Å². The molecule has 1 aromatic carbocycles. The fraction of sp³-hybridized carbons (Fsp3) is 0.526. The second-order valence-electron chi connectivity index (χ2n) is 7.72. The number of urea groups is 1. The summed E-state index contributed by atoms with van der Waals surface area (Å²) in [5.41, 5.74) is -0.546. The zero-order valence-electron chi connectivity index (χ0n) is 16.6. The molecule has 2 heterocycles. The van der Waals surface area contributed by atoms with E-state index in [1.807, 2.05) is 6.07 Å². The number of benzene rings is 1. The van der Waals surface area contributed by atoms with Gasteiger partial charge in [-0.3, -0.25) is 14.5 Å². The summed E-state index contributed by atoms with van der Waals surface area (Å²) in [6.07, 6.45) is 2.50. The van der Waals surface area contributed by atoms with Crippen molar-refractivity contribution in [3.63, 3.8) is 0 Å². The summed E-state index contributed by atoms with van der Waals surface area (Å²) in [4.78, 5) is 38.3. The molecule has 2 saturated heterocycles. The van der Waals surface area contributed by atoms with Crippen LogP contribution in [-0.4, -0.2) is 67.9 Å². The molecule has 1 unspecified atom stereocenters. The predicted octanol–water partition coefficient (Wildman–Crippen LogP) is 0.241. The lowest BCUT2D eigenvalue weighted by Gasteiger charge is -2.30. The average molecular weight is 423 g/mol. The van der Waals surface area contributed by atoms with Crippen molar-refractivity contribution in [1.29, 1.82) is 0 Å². The maximum Gasteiger partial charge on any atom is 0.325 e. The standard InChI is InChI=1S/C19H26N4O5S/c1-19(15-6-4-3-5-7-15)17(25)23(18(26)21-19)13-16(24)20-12-14-8-10-22(11-9-14)29(2,27)28/h3-7,14H,8-13H2,1-2H3,(H,20,24)(H,21,26). The van der Waals surface area contributed by atoms with E-state index in [0.29, 0.717) is 38.0 Å². The molecule has 0 radical (unpaired) electrons. The highest BCUT2D eigenvalue weighted by molar-refractivity contribution is 7.88. The number of hydrogen-bond acceptors (Lipinski definition) is 5. The molecule has 158 valence electrons. The van der Waals surface area contributed by atoms with Crippen LogP contribution < -0.4 is 10.6 Å². The highest BCUT2D eigenvalue weighted by Gasteiger charge is 2.49. The number of sulfonamides is 1. The van der Waals surface area contributed by atoms with Gasteiger partial charge in [0.2, 0.25) is 15.9 Å². The summed E-state index contributed by atoms with van der Waals surface area (Å²) in [7, 11) is -3.19. The van der Waals surface area contributed by atoms with Crippen LogP contribution in [0.25, 0.3) is 0 Å². The number of piperidine rings is 1. The fourth-order valence-corrected chi connectivity index (χ4v) is 4.58. The van der Waals surface area contributed by atoms with E-state index < -0.39 is 33.4 Å². The quantitative estimate of drug-likeness (QED) is 0.637. The van der Waals surface area contributed by atoms with Gasteiger partial charge in [0, 0.05) is 19.6 Å². The normalized spacial score (nSPS) is 23.9. The Morgan fingerprint density at radius 3 is 2.41 bits per heavy atom. The first-order valence-corrected chi connectivity index (χ1v) is 11.4. The smallest absolute Gasteiger partial charge is 0.325 e. The SMILES string of the molecule is CC1(c2ccccc2)NC(=O)N(CC(=O)NCC2CCN(S(C)(=O)=O)CC2)C1=O. The van der Waals surface area contributed by atoms with Gasteiger partial charge in [0.25, 0.3) is 5.91 Å². The topological polar surface area (TPSA) is 116 Å². The summed E-state index contributed by atoms with van der Waals surface area (Å²) in [6, 6.07) is 8.29. The Labute approximate surface area is 170 Å². The lowest BCUT2D eigenvalue weighted by atomic mass is 9.92. The van der Waals surface area contributed by atoms with Crippen molar-refractivity contribution in [2.75, 3.05) is 32.4 Å². The summed E-state index contributed by atoms with van der Waals surface area (Å²) in [5.74, 6) is -0.726. The maximum absolute atomic E-state index is 12.8. The van der Waals surface area contributed by atoms with Crippen molar-refractivity contribution in [3.05, 3.63) is 35.9 Å². The first kappa shape index (κ1) is 21.3. The van der Waals surface area contributed by atoms with Crippen LogP contribution in [0, 0.1) is 5.92 Å². The van der Waals surface area contributed by atoms with E-state index in [1.165, 1.54) is 10.6 Å². The molecule has 10 heteroatoms. The number of nitrogens with one attached hydrogen (secondary N) is 2. The van der Waals surface area contributed by atoms with Gasteiger partial charge in [0.1, 0.15) is 12.1 Å². The molecule has 3 rings (SSSR count). The third-order valence-corrected chi connectivity index (χ3v) is 6.86. The van der Waals surface area contributed by atoms with Gasteiger partial charge < -0.3 is 10.6 Å². The second-order valence-corrected chi connectivity index (χ2v) is 9.70. The highest BCUT2D eigenvalue weighted by atomic mass is 32.2. The first-order chi connectivity index (χ1) is 13.6. The Morgan fingerprint density at radius 2 is 1.83 bits per heavy atom. The van der Waals surface area contributed by atoms with E-state index in [2.05, 4.69) is 10.6 Å². The molecule has 2 aliphatic rings. The Kier molecular flexibility index (Phi) is 5.95. The summed E-state index contributed by atoms with van der Waals surface area (Å²) in [6.45, 7) is 2.52. The number of amides is 4. The van der Waals surface area contributed by atoms with E-state index in [4.69, 9.17) is 0 Å². The van der Waals surface area contributed by atoms with Crippen LogP contribution in [0.5, 0.6) is 0 Å². The largest absolute Gasteiger partial charge is 0.354 e. The lowest BCUT2D eigenvalue weighted by Crippen LogP contribution is -2.45. The molecule has 2 aliphatic heterocycles. The van der Waals surface area contributed by atoms with Crippen molar-refractivity contribution in [2.24, 2.45) is 5.92 Å². The molecular weight excluding hydrogens is 396 g/mol. The minimum Gasteiger partial charge on any atom is -0.354 e. The van der Waals surface area contributed by atoms with Gasteiger partial charge in [0.15, 0.2) is 0 Å². The number of nitrogens with zero attached hydrogens (tertiary/aromatic N) is 2. The molecule has 0 aromatic heterocycles. The molecule has 0 bridgehead atoms. The number of rotatable bonds is 6.